The summed E-state index contributed by atoms with van der Waals surface area (Å²) in [7, 11) is -0.572. The van der Waals surface area contributed by atoms with Gasteiger partial charge in [-0.2, -0.15) is 4.98 Å². The standard InChI is InChI=1S/C21H20N4O5S2.BrH/c1-13-10-20(24-30-13)25-32(26,27)16-7-5-15(6-8-16)22-21-23-17(12-31-21)14-4-9-18(28-2)19(11-14)29-3;/h4-12H,1-3H3,(H,22,23)(H,24,25);1H. The molecule has 0 aliphatic heterocycles. The van der Waals surface area contributed by atoms with Crippen molar-refractivity contribution in [1.82, 2.24) is 10.1 Å². The summed E-state index contributed by atoms with van der Waals surface area (Å²) in [5.74, 6) is 1.95. The van der Waals surface area contributed by atoms with E-state index in [2.05, 4.69) is 14.9 Å². The van der Waals surface area contributed by atoms with E-state index in [0.29, 0.717) is 17.3 Å². The molecule has 0 unspecified atom stereocenters. The number of nitrogens with two attached hydrogens (primary N) is 1. The normalized spacial score (nSPS) is 11.0. The highest BCUT2D eigenvalue weighted by Crippen LogP contribution is 2.33. The first-order valence-corrected chi connectivity index (χ1v) is 11.8. The molecule has 0 aliphatic carbocycles. The minimum atomic E-state index is -3.76. The molecule has 0 saturated carbocycles. The average molecular weight is 553 g/mol. The van der Waals surface area contributed by atoms with E-state index in [0.717, 1.165) is 22.1 Å². The molecule has 2 aromatic heterocycles. The Labute approximate surface area is 205 Å². The Hall–Kier alpha value is -2.93. The van der Waals surface area contributed by atoms with Crippen LogP contribution in [-0.4, -0.2) is 32.8 Å². The predicted octanol–water partition coefficient (Wildman–Crippen LogP) is 0.455. The Morgan fingerprint density at radius 1 is 1.03 bits per heavy atom. The molecule has 2 heterocycles. The van der Waals surface area contributed by atoms with Crippen molar-refractivity contribution < 1.29 is 44.7 Å². The molecular weight excluding hydrogens is 532 g/mol. The van der Waals surface area contributed by atoms with Crippen molar-refractivity contribution in [1.29, 1.82) is 0 Å². The first-order chi connectivity index (χ1) is 15.4. The van der Waals surface area contributed by atoms with Crippen molar-refractivity contribution in [2.24, 2.45) is 0 Å². The number of quaternary nitrogens is 1. The molecule has 0 aliphatic rings. The third kappa shape index (κ3) is 5.71. The van der Waals surface area contributed by atoms with Crippen molar-refractivity contribution in [2.45, 2.75) is 11.8 Å². The van der Waals surface area contributed by atoms with Gasteiger partial charge in [-0.1, -0.05) is 16.5 Å². The van der Waals surface area contributed by atoms with E-state index < -0.39 is 10.0 Å². The molecule has 0 radical (unpaired) electrons. The van der Waals surface area contributed by atoms with Crippen molar-refractivity contribution in [3.05, 3.63) is 59.7 Å². The first-order valence-electron chi connectivity index (χ1n) is 9.47. The topological polar surface area (TPSA) is 120 Å². The number of sulfonamides is 1. The number of rotatable bonds is 8. The van der Waals surface area contributed by atoms with Gasteiger partial charge in [0.15, 0.2) is 17.3 Å². The fraction of sp³-hybridized carbons (Fsp3) is 0.143. The Morgan fingerprint density at radius 3 is 2.39 bits per heavy atom. The highest BCUT2D eigenvalue weighted by Gasteiger charge is 2.17. The van der Waals surface area contributed by atoms with E-state index in [-0.39, 0.29) is 27.7 Å². The number of hydrogen-bond acceptors (Lipinski definition) is 8. The number of anilines is 1. The molecule has 9 nitrogen and oxygen atoms in total. The maximum atomic E-state index is 12.5. The van der Waals surface area contributed by atoms with Crippen LogP contribution < -0.4 is 36.5 Å². The van der Waals surface area contributed by atoms with Gasteiger partial charge in [0.1, 0.15) is 11.4 Å². The molecule has 0 atom stereocenters. The van der Waals surface area contributed by atoms with Crippen LogP contribution in [0.3, 0.4) is 0 Å². The van der Waals surface area contributed by atoms with Gasteiger partial charge < -0.3 is 31.0 Å². The minimum Gasteiger partial charge on any atom is -1.00 e. The van der Waals surface area contributed by atoms with Crippen LogP contribution in [0.5, 0.6) is 11.5 Å². The smallest absolute Gasteiger partial charge is 0.288 e. The summed E-state index contributed by atoms with van der Waals surface area (Å²) in [6.07, 6.45) is 0. The molecule has 2 aromatic carbocycles. The molecule has 0 saturated heterocycles. The Bertz CT molecular complexity index is 1340. The average Bonchev–Trinajstić information content (AvgIpc) is 3.42. The fourth-order valence-corrected chi connectivity index (χ4v) is 4.74. The van der Waals surface area contributed by atoms with Gasteiger partial charge in [-0.3, -0.25) is 10.0 Å². The van der Waals surface area contributed by atoms with Crippen molar-refractivity contribution >= 4 is 38.0 Å². The lowest BCUT2D eigenvalue weighted by atomic mass is 10.1. The lowest BCUT2D eigenvalue weighted by Gasteiger charge is -2.08. The number of hydrogen-bond donors (Lipinski definition) is 2. The molecular formula is C21H21BrN4O5S2. The number of thiazole rings is 1. The van der Waals surface area contributed by atoms with Crippen molar-refractivity contribution in [2.75, 3.05) is 18.9 Å². The molecule has 4 aromatic rings. The van der Waals surface area contributed by atoms with E-state index in [4.69, 9.17) is 14.0 Å². The third-order valence-electron chi connectivity index (χ3n) is 4.55. The molecule has 0 bridgehead atoms. The van der Waals surface area contributed by atoms with E-state index >= 15 is 0 Å². The van der Waals surface area contributed by atoms with Gasteiger partial charge >= 0.3 is 0 Å². The zero-order valence-corrected chi connectivity index (χ0v) is 21.1. The van der Waals surface area contributed by atoms with Gasteiger partial charge in [-0.05, 0) is 37.3 Å². The Balaban J connectivity index is 0.00000306. The van der Waals surface area contributed by atoms with Gasteiger partial charge in [0.05, 0.1) is 24.8 Å². The van der Waals surface area contributed by atoms with E-state index in [1.165, 1.54) is 29.5 Å². The summed E-state index contributed by atoms with van der Waals surface area (Å²) < 4.78 is 42.9. The monoisotopic (exact) mass is 552 g/mol. The summed E-state index contributed by atoms with van der Waals surface area (Å²) in [6.45, 7) is 1.69. The predicted molar refractivity (Wildman–Crippen MR) is 120 cm³/mol. The maximum Gasteiger partial charge on any atom is 0.288 e. The van der Waals surface area contributed by atoms with Gasteiger partial charge in [-0.25, -0.2) is 8.42 Å². The van der Waals surface area contributed by atoms with Crippen molar-refractivity contribution in [3.8, 4) is 22.8 Å². The van der Waals surface area contributed by atoms with E-state index in [1.54, 1.807) is 33.3 Å². The summed E-state index contributed by atoms with van der Waals surface area (Å²) in [4.78, 5) is 4.78. The summed E-state index contributed by atoms with van der Waals surface area (Å²) in [5, 5.41) is 8.29. The molecule has 4 rings (SSSR count). The molecule has 3 N–H and O–H groups in total. The second-order valence-electron chi connectivity index (χ2n) is 6.78. The van der Waals surface area contributed by atoms with Gasteiger partial charge in [0.25, 0.3) is 15.2 Å². The quantitative estimate of drug-likeness (QED) is 0.304. The first kappa shape index (κ1) is 24.7. The number of nitrogens with zero attached hydrogens (tertiary/aromatic N) is 2. The van der Waals surface area contributed by atoms with Crippen LogP contribution in [0.1, 0.15) is 5.76 Å². The number of benzene rings is 2. The summed E-state index contributed by atoms with van der Waals surface area (Å²) in [5.41, 5.74) is 2.55. The Morgan fingerprint density at radius 2 is 1.76 bits per heavy atom. The third-order valence-corrected chi connectivity index (χ3v) is 6.71. The second-order valence-corrected chi connectivity index (χ2v) is 9.35. The van der Waals surface area contributed by atoms with Gasteiger partial charge in [-0.15, -0.1) is 0 Å². The molecule has 0 amide bonds. The minimum absolute atomic E-state index is 0. The van der Waals surface area contributed by atoms with Gasteiger partial charge in [0.2, 0.25) is 0 Å². The number of ether oxygens (including phenoxy) is 2. The zero-order chi connectivity index (χ0) is 22.7. The summed E-state index contributed by atoms with van der Waals surface area (Å²) in [6, 6.07) is 13.7. The highest BCUT2D eigenvalue weighted by atomic mass is 79.9. The number of aromatic nitrogens is 2. The second kappa shape index (κ2) is 10.3. The van der Waals surface area contributed by atoms with E-state index in [9.17, 15) is 8.42 Å². The summed E-state index contributed by atoms with van der Waals surface area (Å²) >= 11 is 1.49. The number of halogens is 1. The Kier molecular flexibility index (Phi) is 7.74. The number of aryl methyl sites for hydroxylation is 1. The van der Waals surface area contributed by atoms with Crippen molar-refractivity contribution in [3.63, 3.8) is 0 Å². The largest absolute Gasteiger partial charge is 1.00 e. The van der Waals surface area contributed by atoms with Crippen LogP contribution in [0.2, 0.25) is 0 Å². The van der Waals surface area contributed by atoms with Crippen LogP contribution >= 0.6 is 11.3 Å². The van der Waals surface area contributed by atoms with Crippen LogP contribution in [-0.2, 0) is 10.0 Å². The number of nitrogens with one attached hydrogen (secondary N) is 1. The van der Waals surface area contributed by atoms with E-state index in [1.807, 2.05) is 28.9 Å². The molecule has 12 heteroatoms. The number of methoxy groups -OCH3 is 2. The van der Waals surface area contributed by atoms with Crippen LogP contribution in [0.15, 0.2) is 63.3 Å². The fourth-order valence-electron chi connectivity index (χ4n) is 2.98. The molecule has 174 valence electrons. The lowest BCUT2D eigenvalue weighted by Crippen LogP contribution is -3.00. The molecule has 0 spiro atoms. The van der Waals surface area contributed by atoms with Crippen LogP contribution in [0.4, 0.5) is 16.6 Å². The molecule has 0 fully saturated rings. The van der Waals surface area contributed by atoms with Gasteiger partial charge in [0, 0.05) is 29.1 Å². The SMILES string of the molecule is COc1ccc(-c2csc([NH2+]c3ccc(S(=O)(=O)Nc4cc(C)on4)cc3)n2)cc1OC.[Br-]. The van der Waals surface area contributed by atoms with Crippen LogP contribution in [0.25, 0.3) is 11.3 Å². The zero-order valence-electron chi connectivity index (χ0n) is 17.9. The maximum absolute atomic E-state index is 12.5. The van der Waals surface area contributed by atoms with Crippen LogP contribution in [0, 0.1) is 6.92 Å². The highest BCUT2D eigenvalue weighted by molar-refractivity contribution is 7.92. The molecule has 33 heavy (non-hydrogen) atoms. The lowest BCUT2D eigenvalue weighted by molar-refractivity contribution is -0.478.